The molecule has 76 valence electrons. The molecule has 0 aromatic heterocycles. The van der Waals surface area contributed by atoms with E-state index in [0.29, 0.717) is 0 Å². The van der Waals surface area contributed by atoms with Crippen LogP contribution in [0.4, 0.5) is 0 Å². The molecule has 0 radical (unpaired) electrons. The van der Waals surface area contributed by atoms with Crippen molar-refractivity contribution in [2.24, 2.45) is 0 Å². The first kappa shape index (κ1) is 8.96. The van der Waals surface area contributed by atoms with E-state index in [4.69, 9.17) is 0 Å². The molecule has 1 aromatic rings. The van der Waals surface area contributed by atoms with Crippen molar-refractivity contribution in [1.82, 2.24) is 0 Å². The van der Waals surface area contributed by atoms with Gasteiger partial charge < -0.3 is 0 Å². The second kappa shape index (κ2) is 3.69. The fourth-order valence-electron chi connectivity index (χ4n) is 2.70. The summed E-state index contributed by atoms with van der Waals surface area (Å²) >= 11 is 0. The largest absolute Gasteiger partial charge is 0.0626 e. The van der Waals surface area contributed by atoms with Crippen molar-refractivity contribution in [3.05, 3.63) is 53.1 Å². The molecule has 0 saturated carbocycles. The lowest BCUT2D eigenvalue weighted by molar-refractivity contribution is 0.681. The van der Waals surface area contributed by atoms with E-state index in [1.165, 1.54) is 43.2 Å². The van der Waals surface area contributed by atoms with Crippen molar-refractivity contribution >= 4 is 5.57 Å². The van der Waals surface area contributed by atoms with Gasteiger partial charge in [-0.1, -0.05) is 42.0 Å². The normalized spacial score (nSPS) is 20.1. The zero-order valence-electron chi connectivity index (χ0n) is 9.00. The van der Waals surface area contributed by atoms with Crippen molar-refractivity contribution in [2.75, 3.05) is 0 Å². The molecule has 2 aliphatic rings. The molecule has 0 N–H and O–H groups in total. The summed E-state index contributed by atoms with van der Waals surface area (Å²) in [6.45, 7) is 0. The summed E-state index contributed by atoms with van der Waals surface area (Å²) in [6, 6.07) is 10.8. The summed E-state index contributed by atoms with van der Waals surface area (Å²) in [5.74, 6) is 0. The molecule has 0 heterocycles. The van der Waals surface area contributed by atoms with Crippen LogP contribution in [0, 0.1) is 0 Å². The lowest BCUT2D eigenvalue weighted by Gasteiger charge is -2.12. The van der Waals surface area contributed by atoms with Gasteiger partial charge in [0, 0.05) is 0 Å². The molecule has 0 saturated heterocycles. The highest BCUT2D eigenvalue weighted by Crippen LogP contribution is 2.39. The Bertz CT molecular complexity index is 421. The average Bonchev–Trinajstić information content (AvgIpc) is 2.74. The van der Waals surface area contributed by atoms with Crippen molar-refractivity contribution in [1.29, 1.82) is 0 Å². The fraction of sp³-hybridized carbons (Fsp3) is 0.333. The third kappa shape index (κ3) is 1.65. The Morgan fingerprint density at radius 2 is 1.67 bits per heavy atom. The van der Waals surface area contributed by atoms with Crippen LogP contribution in [0.25, 0.3) is 5.57 Å². The molecule has 3 rings (SSSR count). The third-order valence-electron chi connectivity index (χ3n) is 3.53. The summed E-state index contributed by atoms with van der Waals surface area (Å²) in [5.41, 5.74) is 6.29. The van der Waals surface area contributed by atoms with Gasteiger partial charge in [-0.3, -0.25) is 0 Å². The smallest absolute Gasteiger partial charge is 0.00552 e. The van der Waals surface area contributed by atoms with Crippen molar-refractivity contribution in [2.45, 2.75) is 32.1 Å². The average molecular weight is 196 g/mol. The van der Waals surface area contributed by atoms with Gasteiger partial charge in [-0.15, -0.1) is 0 Å². The molecule has 0 atom stereocenters. The first-order valence-corrected chi connectivity index (χ1v) is 5.90. The summed E-state index contributed by atoms with van der Waals surface area (Å²) in [7, 11) is 0. The molecule has 0 unspecified atom stereocenters. The van der Waals surface area contributed by atoms with Crippen molar-refractivity contribution in [3.63, 3.8) is 0 Å². The molecule has 0 amide bonds. The number of hydrogen-bond donors (Lipinski definition) is 0. The molecular formula is C15H16. The first-order valence-electron chi connectivity index (χ1n) is 5.90. The monoisotopic (exact) mass is 196 g/mol. The Kier molecular flexibility index (Phi) is 2.21. The van der Waals surface area contributed by atoms with Crippen molar-refractivity contribution < 1.29 is 0 Å². The minimum absolute atomic E-state index is 1.21. The number of rotatable bonds is 1. The minimum Gasteiger partial charge on any atom is -0.0626 e. The maximum Gasteiger partial charge on any atom is -0.00552 e. The van der Waals surface area contributed by atoms with Gasteiger partial charge >= 0.3 is 0 Å². The van der Waals surface area contributed by atoms with Gasteiger partial charge in [-0.05, 0) is 48.8 Å². The van der Waals surface area contributed by atoms with Gasteiger partial charge in [0.1, 0.15) is 0 Å². The van der Waals surface area contributed by atoms with E-state index >= 15 is 0 Å². The summed E-state index contributed by atoms with van der Waals surface area (Å²) < 4.78 is 0. The van der Waals surface area contributed by atoms with Crippen LogP contribution in [0.5, 0.6) is 0 Å². The molecule has 0 bridgehead atoms. The maximum atomic E-state index is 2.43. The summed E-state index contributed by atoms with van der Waals surface area (Å²) in [5, 5.41) is 0. The predicted octanol–water partition coefficient (Wildman–Crippen LogP) is 4.34. The summed E-state index contributed by atoms with van der Waals surface area (Å²) in [6.07, 6.45) is 9.07. The van der Waals surface area contributed by atoms with Crippen LogP contribution < -0.4 is 0 Å². The lowest BCUT2D eigenvalue weighted by Crippen LogP contribution is -1.93. The first-order chi connectivity index (χ1) is 7.43. The zero-order valence-corrected chi connectivity index (χ0v) is 9.00. The molecule has 0 aliphatic heterocycles. The Labute approximate surface area is 91.3 Å². The predicted molar refractivity (Wildman–Crippen MR) is 64.5 cm³/mol. The highest BCUT2D eigenvalue weighted by molar-refractivity contribution is 5.74. The van der Waals surface area contributed by atoms with E-state index in [1.54, 1.807) is 11.1 Å². The number of allylic oxidation sites excluding steroid dienone is 4. The molecule has 0 fully saturated rings. The van der Waals surface area contributed by atoms with E-state index in [0.717, 1.165) is 0 Å². The molecule has 0 nitrogen and oxygen atoms in total. The van der Waals surface area contributed by atoms with Gasteiger partial charge in [0.05, 0.1) is 0 Å². The highest BCUT2D eigenvalue weighted by Gasteiger charge is 2.19. The van der Waals surface area contributed by atoms with E-state index in [2.05, 4.69) is 36.4 Å². The Morgan fingerprint density at radius 3 is 2.47 bits per heavy atom. The topological polar surface area (TPSA) is 0 Å². The van der Waals surface area contributed by atoms with Crippen LogP contribution in [-0.4, -0.2) is 0 Å². The maximum absolute atomic E-state index is 2.43. The number of hydrogen-bond acceptors (Lipinski definition) is 0. The molecule has 2 aliphatic carbocycles. The minimum atomic E-state index is 1.21. The summed E-state index contributed by atoms with van der Waals surface area (Å²) in [4.78, 5) is 0. The van der Waals surface area contributed by atoms with Gasteiger partial charge in [-0.25, -0.2) is 0 Å². The second-order valence-corrected chi connectivity index (χ2v) is 4.55. The SMILES string of the molecule is C1=C(c2ccccc2)CC2=C1CCCC2. The Morgan fingerprint density at radius 1 is 0.867 bits per heavy atom. The zero-order chi connectivity index (χ0) is 10.1. The van der Waals surface area contributed by atoms with Crippen LogP contribution in [0.2, 0.25) is 0 Å². The standard InChI is InChI=1S/C15H16/c1-2-6-12(7-3-1)15-10-13-8-4-5-9-14(13)11-15/h1-3,6-7,10H,4-5,8-9,11H2. The highest BCUT2D eigenvalue weighted by atomic mass is 14.2. The van der Waals surface area contributed by atoms with Crippen LogP contribution in [0.1, 0.15) is 37.7 Å². The van der Waals surface area contributed by atoms with Crippen LogP contribution in [0.15, 0.2) is 47.6 Å². The van der Waals surface area contributed by atoms with Crippen LogP contribution in [-0.2, 0) is 0 Å². The van der Waals surface area contributed by atoms with E-state index in [9.17, 15) is 0 Å². The fourth-order valence-corrected chi connectivity index (χ4v) is 2.70. The molecular weight excluding hydrogens is 180 g/mol. The quantitative estimate of drug-likeness (QED) is 0.626. The van der Waals surface area contributed by atoms with E-state index < -0.39 is 0 Å². The van der Waals surface area contributed by atoms with Gasteiger partial charge in [-0.2, -0.15) is 0 Å². The van der Waals surface area contributed by atoms with Gasteiger partial charge in [0.25, 0.3) is 0 Å². The Balaban J connectivity index is 1.88. The lowest BCUT2D eigenvalue weighted by atomic mass is 9.93. The molecule has 1 aromatic carbocycles. The third-order valence-corrected chi connectivity index (χ3v) is 3.53. The van der Waals surface area contributed by atoms with Gasteiger partial charge in [0.15, 0.2) is 0 Å². The van der Waals surface area contributed by atoms with Gasteiger partial charge in [0.2, 0.25) is 0 Å². The van der Waals surface area contributed by atoms with E-state index in [-0.39, 0.29) is 0 Å². The van der Waals surface area contributed by atoms with Crippen molar-refractivity contribution in [3.8, 4) is 0 Å². The second-order valence-electron chi connectivity index (χ2n) is 4.55. The van der Waals surface area contributed by atoms with Crippen LogP contribution in [0.3, 0.4) is 0 Å². The molecule has 0 spiro atoms. The van der Waals surface area contributed by atoms with E-state index in [1.807, 2.05) is 0 Å². The molecule has 15 heavy (non-hydrogen) atoms. The Hall–Kier alpha value is -1.30. The number of benzene rings is 1. The van der Waals surface area contributed by atoms with Crippen LogP contribution >= 0.6 is 0 Å². The molecule has 0 heteroatoms.